The van der Waals surface area contributed by atoms with Crippen LogP contribution in [0, 0.1) is 0 Å². The molecule has 0 spiro atoms. The highest BCUT2D eigenvalue weighted by molar-refractivity contribution is 6.14. The number of hydrogen-bond donors (Lipinski definition) is 0. The summed E-state index contributed by atoms with van der Waals surface area (Å²) in [6, 6.07) is 101. The van der Waals surface area contributed by atoms with Gasteiger partial charge in [-0.2, -0.15) is 0 Å². The Hall–Kier alpha value is -10.8. The maximum atomic E-state index is 5.53. The van der Waals surface area contributed by atoms with Crippen molar-refractivity contribution in [1.82, 2.24) is 29.1 Å². The van der Waals surface area contributed by atoms with Gasteiger partial charge >= 0.3 is 0 Å². The number of hydrogen-bond acceptors (Lipinski definition) is 4. The van der Waals surface area contributed by atoms with E-state index in [2.05, 4.69) is 258 Å². The molecule has 0 N–H and O–H groups in total. The molecule has 6 heteroatoms. The van der Waals surface area contributed by atoms with Gasteiger partial charge in [0.05, 0.1) is 39.1 Å². The largest absolute Gasteiger partial charge is 0.309 e. The van der Waals surface area contributed by atoms with Crippen molar-refractivity contribution in [2.75, 3.05) is 0 Å². The summed E-state index contributed by atoms with van der Waals surface area (Å²) >= 11 is 0. The monoisotopic (exact) mass is 1020 g/mol. The van der Waals surface area contributed by atoms with E-state index in [0.717, 1.165) is 127 Å². The number of aromatic nitrogens is 6. The third-order valence-corrected chi connectivity index (χ3v) is 15.4. The zero-order valence-electron chi connectivity index (χ0n) is 43.4. The van der Waals surface area contributed by atoms with Crippen LogP contribution < -0.4 is 0 Å². The van der Waals surface area contributed by atoms with Crippen LogP contribution >= 0.6 is 0 Å². The summed E-state index contributed by atoms with van der Waals surface area (Å²) in [5, 5.41) is 4.57. The Morgan fingerprint density at radius 2 is 0.562 bits per heavy atom. The Morgan fingerprint density at radius 3 is 0.938 bits per heavy atom. The molecule has 0 atom stereocenters. The van der Waals surface area contributed by atoms with Crippen LogP contribution in [-0.4, -0.2) is 29.1 Å². The van der Waals surface area contributed by atoms with Gasteiger partial charge < -0.3 is 9.13 Å². The molecule has 0 unspecified atom stereocenters. The first-order chi connectivity index (χ1) is 39.7. The zero-order chi connectivity index (χ0) is 52.9. The average molecular weight is 1020 g/mol. The van der Waals surface area contributed by atoms with Gasteiger partial charge in [0, 0.05) is 50.0 Å². The van der Waals surface area contributed by atoms with E-state index in [1.165, 1.54) is 0 Å². The third-order valence-electron chi connectivity index (χ3n) is 15.4. The highest BCUT2D eigenvalue weighted by Crippen LogP contribution is 2.46. The van der Waals surface area contributed by atoms with E-state index in [9.17, 15) is 0 Å². The van der Waals surface area contributed by atoms with Crippen molar-refractivity contribution >= 4 is 43.6 Å². The summed E-state index contributed by atoms with van der Waals surface area (Å²) in [5.41, 5.74) is 19.6. The molecule has 0 fully saturated rings. The van der Waals surface area contributed by atoms with E-state index in [-0.39, 0.29) is 0 Å². The molecule has 15 aromatic rings. The molecule has 0 amide bonds. The van der Waals surface area contributed by atoms with Gasteiger partial charge in [-0.3, -0.25) is 4.98 Å². The molecule has 0 bridgehead atoms. The molecule has 0 aliphatic carbocycles. The van der Waals surface area contributed by atoms with Crippen molar-refractivity contribution in [2.24, 2.45) is 0 Å². The van der Waals surface area contributed by atoms with Crippen LogP contribution in [0.25, 0.3) is 145 Å². The summed E-state index contributed by atoms with van der Waals surface area (Å²) in [5.74, 6) is 1.69. The molecule has 0 aliphatic rings. The summed E-state index contributed by atoms with van der Waals surface area (Å²) in [6.45, 7) is 0. The molecule has 0 saturated heterocycles. The van der Waals surface area contributed by atoms with Crippen molar-refractivity contribution in [1.29, 1.82) is 0 Å². The number of rotatable bonds is 10. The van der Waals surface area contributed by atoms with E-state index in [1.807, 2.05) is 42.6 Å². The molecular formula is C74H48N6. The Kier molecular flexibility index (Phi) is 11.4. The fourth-order valence-electron chi connectivity index (χ4n) is 11.7. The summed E-state index contributed by atoms with van der Waals surface area (Å²) in [6.07, 6.45) is 1.91. The lowest BCUT2D eigenvalue weighted by Crippen LogP contribution is -2.06. The van der Waals surface area contributed by atoms with Crippen LogP contribution in [0.15, 0.2) is 291 Å². The summed E-state index contributed by atoms with van der Waals surface area (Å²) < 4.78 is 4.83. The number of pyridine rings is 1. The van der Waals surface area contributed by atoms with Crippen LogP contribution in [0.2, 0.25) is 0 Å². The minimum absolute atomic E-state index is 0.534. The maximum absolute atomic E-state index is 5.53. The summed E-state index contributed by atoms with van der Waals surface area (Å²) in [4.78, 5) is 21.5. The maximum Gasteiger partial charge on any atom is 0.164 e. The van der Waals surface area contributed by atoms with Crippen molar-refractivity contribution in [3.8, 4) is 101 Å². The van der Waals surface area contributed by atoms with Gasteiger partial charge in [-0.05, 0) is 111 Å². The van der Waals surface area contributed by atoms with Crippen LogP contribution in [0.1, 0.15) is 0 Å². The first kappa shape index (κ1) is 46.5. The fourth-order valence-corrected chi connectivity index (χ4v) is 11.7. The molecule has 374 valence electrons. The van der Waals surface area contributed by atoms with Gasteiger partial charge in [-0.25, -0.2) is 15.0 Å². The van der Waals surface area contributed by atoms with Gasteiger partial charge in [0.15, 0.2) is 17.5 Å². The second-order valence-corrected chi connectivity index (χ2v) is 20.2. The minimum Gasteiger partial charge on any atom is -0.309 e. The van der Waals surface area contributed by atoms with Gasteiger partial charge in [-0.15, -0.1) is 0 Å². The predicted octanol–water partition coefficient (Wildman–Crippen LogP) is 18.8. The van der Waals surface area contributed by atoms with Crippen molar-refractivity contribution in [2.45, 2.75) is 0 Å². The number of fused-ring (bicyclic) bond motifs is 6. The van der Waals surface area contributed by atoms with E-state index in [1.54, 1.807) is 0 Å². The Bertz CT molecular complexity index is 4530. The Balaban J connectivity index is 1.05. The Morgan fingerprint density at radius 1 is 0.237 bits per heavy atom. The minimum atomic E-state index is 0.534. The van der Waals surface area contributed by atoms with Gasteiger partial charge in [0.25, 0.3) is 0 Å². The lowest BCUT2D eigenvalue weighted by atomic mass is 9.98. The average Bonchev–Trinajstić information content (AvgIpc) is 4.09. The molecule has 4 heterocycles. The van der Waals surface area contributed by atoms with Crippen LogP contribution in [0.5, 0.6) is 0 Å². The van der Waals surface area contributed by atoms with E-state index in [4.69, 9.17) is 19.9 Å². The number of benzene rings is 11. The number of nitrogens with zero attached hydrogens (tertiary/aromatic N) is 6. The van der Waals surface area contributed by atoms with E-state index < -0.39 is 0 Å². The predicted molar refractivity (Wildman–Crippen MR) is 330 cm³/mol. The Labute approximate surface area is 462 Å². The van der Waals surface area contributed by atoms with E-state index in [0.29, 0.717) is 17.5 Å². The van der Waals surface area contributed by atoms with Crippen LogP contribution in [-0.2, 0) is 0 Å². The molecule has 0 radical (unpaired) electrons. The topological polar surface area (TPSA) is 61.4 Å². The molecule has 6 nitrogen and oxygen atoms in total. The van der Waals surface area contributed by atoms with Crippen molar-refractivity contribution in [3.63, 3.8) is 0 Å². The first-order valence-corrected chi connectivity index (χ1v) is 27.0. The molecule has 0 saturated carbocycles. The standard InChI is InChI=1S/C74H48N6/c1-7-21-49(22-8-1)55-36-40-64-60(45-55)61-46-56(50-23-9-2-10-24-50)37-41-65(61)79(64)68-34-19-33-59(74-77-72(53-29-15-5-16-30-53)76-73(78-74)54-31-17-6-18-32-54)70(68)71-69(35-20-44-75-71)80-66-42-38-57(51-25-11-3-12-26-51)47-62(66)63-48-58(39-43-67(63)80)52-27-13-4-14-28-52/h1-48H. The van der Waals surface area contributed by atoms with Gasteiger partial charge in [-0.1, -0.05) is 218 Å². The second kappa shape index (κ2) is 19.6. The molecule has 0 aliphatic heterocycles. The van der Waals surface area contributed by atoms with E-state index >= 15 is 0 Å². The molecule has 80 heavy (non-hydrogen) atoms. The molecular weight excluding hydrogens is 973 g/mol. The molecule has 11 aromatic carbocycles. The summed E-state index contributed by atoms with van der Waals surface area (Å²) in [7, 11) is 0. The smallest absolute Gasteiger partial charge is 0.164 e. The molecule has 4 aromatic heterocycles. The van der Waals surface area contributed by atoms with Gasteiger partial charge in [0.2, 0.25) is 0 Å². The quantitative estimate of drug-likeness (QED) is 0.137. The normalized spacial score (nSPS) is 11.5. The second-order valence-electron chi connectivity index (χ2n) is 20.2. The highest BCUT2D eigenvalue weighted by atomic mass is 15.1. The third kappa shape index (κ3) is 8.14. The SMILES string of the molecule is c1ccc(-c2ccc3c(c2)c2cc(-c4ccccc4)ccc2n3-c2cccnc2-c2c(-c3nc(-c4ccccc4)nc(-c4ccccc4)n3)cccc2-n2c3ccc(-c4ccccc4)cc3c3cc(-c4ccccc4)ccc32)cc1. The van der Waals surface area contributed by atoms with Crippen molar-refractivity contribution in [3.05, 3.63) is 291 Å². The lowest BCUT2D eigenvalue weighted by molar-refractivity contribution is 1.07. The zero-order valence-corrected chi connectivity index (χ0v) is 43.4. The fraction of sp³-hybridized carbons (Fsp3) is 0. The van der Waals surface area contributed by atoms with Gasteiger partial charge in [0.1, 0.15) is 0 Å². The highest BCUT2D eigenvalue weighted by Gasteiger charge is 2.27. The van der Waals surface area contributed by atoms with Crippen LogP contribution in [0.4, 0.5) is 0 Å². The van der Waals surface area contributed by atoms with Crippen LogP contribution in [0.3, 0.4) is 0 Å². The molecule has 15 rings (SSSR count). The lowest BCUT2D eigenvalue weighted by Gasteiger charge is -2.20. The first-order valence-electron chi connectivity index (χ1n) is 27.0. The van der Waals surface area contributed by atoms with Crippen molar-refractivity contribution < 1.29 is 0 Å².